The van der Waals surface area contributed by atoms with Gasteiger partial charge in [0.1, 0.15) is 18.5 Å². The molecule has 2 heterocycles. The number of hydrogen-bond donors (Lipinski definition) is 4. The Balaban J connectivity index is 1.35. The molecule has 3 atom stereocenters. The number of carboxylic acid groups (broad SMARTS) is 1. The summed E-state index contributed by atoms with van der Waals surface area (Å²) >= 11 is 0. The quantitative estimate of drug-likeness (QED) is 0.172. The number of carbonyl (C=O) groups is 2. The predicted octanol–water partition coefficient (Wildman–Crippen LogP) is 4.77. The number of nitrogens with zero attached hydrogens (tertiary/aromatic N) is 2. The number of nitrogens with one attached hydrogen (secondary N) is 3. The number of rotatable bonds is 15. The van der Waals surface area contributed by atoms with Crippen molar-refractivity contribution in [1.82, 2.24) is 19.9 Å². The van der Waals surface area contributed by atoms with Gasteiger partial charge in [0.05, 0.1) is 35.8 Å². The molecule has 0 unspecified atom stereocenters. The molecule has 270 valence electrons. The smallest absolute Gasteiger partial charge is 0.417 e. The number of ether oxygens (including phenoxy) is 2. The van der Waals surface area contributed by atoms with Crippen molar-refractivity contribution in [2.45, 2.75) is 63.1 Å². The molecule has 12 nitrogen and oxygen atoms in total. The van der Waals surface area contributed by atoms with Gasteiger partial charge in [0.2, 0.25) is 10.0 Å². The van der Waals surface area contributed by atoms with E-state index in [0.717, 1.165) is 23.4 Å². The number of hydrogen-bond acceptors (Lipinski definition) is 9. The van der Waals surface area contributed by atoms with Crippen LogP contribution in [0, 0.1) is 20.8 Å². The summed E-state index contributed by atoms with van der Waals surface area (Å²) in [6.45, 7) is 8.86. The SMILES string of the molecule is C=C(CO[C@@H]1C[C@@H](CNc2ccc(C(F)(F)F)cn2)N(C(=O)OCc2ccccc2)C1)NC[C@H](NS(=O)(=O)c1c(C)cc(C)cc1C)C(=O)O. The van der Waals surface area contributed by atoms with E-state index < -0.39 is 52.0 Å². The first-order chi connectivity index (χ1) is 23.5. The number of sulfonamides is 1. The van der Waals surface area contributed by atoms with Crippen molar-refractivity contribution in [2.24, 2.45) is 0 Å². The third-order valence-electron chi connectivity index (χ3n) is 7.94. The van der Waals surface area contributed by atoms with Crippen LogP contribution in [-0.2, 0) is 37.1 Å². The van der Waals surface area contributed by atoms with Crippen LogP contribution in [0.1, 0.15) is 34.2 Å². The summed E-state index contributed by atoms with van der Waals surface area (Å²) in [6.07, 6.45) is -4.60. The van der Waals surface area contributed by atoms with Crippen molar-refractivity contribution in [3.63, 3.8) is 0 Å². The zero-order chi connectivity index (χ0) is 36.6. The molecular weight excluding hydrogens is 679 g/mol. The molecule has 1 aliphatic heterocycles. The lowest BCUT2D eigenvalue weighted by Crippen LogP contribution is -2.47. The number of alkyl halides is 3. The second-order valence-corrected chi connectivity index (χ2v) is 13.7. The molecule has 2 aromatic carbocycles. The molecule has 0 radical (unpaired) electrons. The fourth-order valence-electron chi connectivity index (χ4n) is 5.63. The van der Waals surface area contributed by atoms with E-state index in [9.17, 15) is 36.3 Å². The lowest BCUT2D eigenvalue weighted by molar-refractivity contribution is -0.139. The van der Waals surface area contributed by atoms with Gasteiger partial charge in [0.25, 0.3) is 0 Å². The van der Waals surface area contributed by atoms with Crippen molar-refractivity contribution in [3.8, 4) is 0 Å². The highest BCUT2D eigenvalue weighted by Crippen LogP contribution is 2.29. The summed E-state index contributed by atoms with van der Waals surface area (Å²) in [5, 5.41) is 15.5. The summed E-state index contributed by atoms with van der Waals surface area (Å²) < 4.78 is 78.9. The van der Waals surface area contributed by atoms with Gasteiger partial charge in [-0.2, -0.15) is 17.9 Å². The fraction of sp³-hybridized carbons (Fsp3) is 0.382. The first kappa shape index (κ1) is 38.1. The average Bonchev–Trinajstić information content (AvgIpc) is 3.46. The maximum atomic E-state index is 13.1. The number of aryl methyl sites for hydroxylation is 3. The lowest BCUT2D eigenvalue weighted by Gasteiger charge is -2.24. The maximum absolute atomic E-state index is 13.1. The van der Waals surface area contributed by atoms with E-state index in [1.54, 1.807) is 26.0 Å². The molecule has 1 fully saturated rings. The molecule has 1 aromatic heterocycles. The molecule has 4 rings (SSSR count). The van der Waals surface area contributed by atoms with Gasteiger partial charge in [0, 0.05) is 25.0 Å². The lowest BCUT2D eigenvalue weighted by atomic mass is 10.1. The average molecular weight is 720 g/mol. The van der Waals surface area contributed by atoms with Gasteiger partial charge in [-0.3, -0.25) is 4.79 Å². The van der Waals surface area contributed by atoms with Gasteiger partial charge in [0.15, 0.2) is 0 Å². The molecular formula is C34H40F3N5O7S. The van der Waals surface area contributed by atoms with Gasteiger partial charge in [-0.1, -0.05) is 54.6 Å². The van der Waals surface area contributed by atoms with Gasteiger partial charge in [-0.05, 0) is 56.0 Å². The zero-order valence-corrected chi connectivity index (χ0v) is 28.6. The molecule has 0 spiro atoms. The highest BCUT2D eigenvalue weighted by Gasteiger charge is 2.37. The third-order valence-corrected chi connectivity index (χ3v) is 9.72. The molecule has 1 aliphatic rings. The number of pyridine rings is 1. The topological polar surface area (TPSA) is 159 Å². The molecule has 0 aliphatic carbocycles. The molecule has 1 amide bonds. The number of aliphatic carboxylic acids is 1. The summed E-state index contributed by atoms with van der Waals surface area (Å²) in [5.74, 6) is -1.20. The number of halogens is 3. The third kappa shape index (κ3) is 10.4. The minimum atomic E-state index is -4.53. The van der Waals surface area contributed by atoms with E-state index >= 15 is 0 Å². The minimum Gasteiger partial charge on any atom is -0.480 e. The van der Waals surface area contributed by atoms with Gasteiger partial charge in [-0.15, -0.1) is 0 Å². The Bertz CT molecular complexity index is 1750. The second-order valence-electron chi connectivity index (χ2n) is 12.1. The van der Waals surface area contributed by atoms with Crippen molar-refractivity contribution >= 4 is 27.9 Å². The standard InChI is InChI=1S/C34H40F3N5O7S/c1-21-12-22(2)31(23(3)13-21)50(46,47)41-29(32(43)44)17-38-24(4)19-48-28-14-27(16-40-30-11-10-26(15-39-30)34(35,36)37)42(18-28)33(45)49-20-25-8-6-5-7-9-25/h5-13,15,27-29,38,41H,4,14,16-20H2,1-3H3,(H,39,40)(H,43,44)/t27-,28+,29-/m0/s1. The van der Waals surface area contributed by atoms with Gasteiger partial charge in [-0.25, -0.2) is 18.2 Å². The Labute approximate surface area is 288 Å². The van der Waals surface area contributed by atoms with Crippen LogP contribution in [0.4, 0.5) is 23.8 Å². The second kappa shape index (κ2) is 16.4. The Hall–Kier alpha value is -4.67. The summed E-state index contributed by atoms with van der Waals surface area (Å²) in [5.41, 5.74) is 2.02. The Kier molecular flexibility index (Phi) is 12.5. The number of anilines is 1. The van der Waals surface area contributed by atoms with E-state index in [1.165, 1.54) is 11.0 Å². The minimum absolute atomic E-state index is 0.0164. The van der Waals surface area contributed by atoms with E-state index in [-0.39, 0.29) is 49.3 Å². The molecule has 0 saturated carbocycles. The largest absolute Gasteiger partial charge is 0.480 e. The van der Waals surface area contributed by atoms with Crippen molar-refractivity contribution in [1.29, 1.82) is 0 Å². The molecule has 3 aromatic rings. The normalized spacial score (nSPS) is 16.9. The van der Waals surface area contributed by atoms with Crippen LogP contribution < -0.4 is 15.4 Å². The zero-order valence-electron chi connectivity index (χ0n) is 27.8. The number of carboxylic acids is 1. The first-order valence-corrected chi connectivity index (χ1v) is 17.1. The van der Waals surface area contributed by atoms with Gasteiger partial charge >= 0.3 is 18.2 Å². The van der Waals surface area contributed by atoms with Crippen LogP contribution >= 0.6 is 0 Å². The molecule has 0 bridgehead atoms. The van der Waals surface area contributed by atoms with Crippen LogP contribution in [0.5, 0.6) is 0 Å². The van der Waals surface area contributed by atoms with Crippen LogP contribution in [0.25, 0.3) is 0 Å². The van der Waals surface area contributed by atoms with E-state index in [2.05, 4.69) is 26.9 Å². The Morgan fingerprint density at radius 3 is 2.38 bits per heavy atom. The molecule has 1 saturated heterocycles. The number of likely N-dealkylation sites (tertiary alicyclic amines) is 1. The highest BCUT2D eigenvalue weighted by atomic mass is 32.2. The van der Waals surface area contributed by atoms with Crippen molar-refractivity contribution in [3.05, 3.63) is 101 Å². The summed E-state index contributed by atoms with van der Waals surface area (Å²) in [6, 6.07) is 12.6. The molecule has 16 heteroatoms. The van der Waals surface area contributed by atoms with Crippen LogP contribution in [0.15, 0.2) is 78.0 Å². The summed E-state index contributed by atoms with van der Waals surface area (Å²) in [7, 11) is -4.17. The van der Waals surface area contributed by atoms with E-state index in [1.807, 2.05) is 37.3 Å². The van der Waals surface area contributed by atoms with Crippen LogP contribution in [0.2, 0.25) is 0 Å². The van der Waals surface area contributed by atoms with Crippen LogP contribution in [-0.4, -0.2) is 79.9 Å². The Morgan fingerprint density at radius 1 is 1.10 bits per heavy atom. The van der Waals surface area contributed by atoms with Crippen LogP contribution in [0.3, 0.4) is 0 Å². The summed E-state index contributed by atoms with van der Waals surface area (Å²) in [4.78, 5) is 30.4. The maximum Gasteiger partial charge on any atom is 0.417 e. The molecule has 4 N–H and O–H groups in total. The monoisotopic (exact) mass is 719 g/mol. The van der Waals surface area contributed by atoms with E-state index in [4.69, 9.17) is 9.47 Å². The number of carbonyl (C=O) groups excluding carboxylic acids is 1. The van der Waals surface area contributed by atoms with Gasteiger partial charge < -0.3 is 30.1 Å². The first-order valence-electron chi connectivity index (χ1n) is 15.6. The number of aromatic nitrogens is 1. The van der Waals surface area contributed by atoms with E-state index in [0.29, 0.717) is 17.5 Å². The highest BCUT2D eigenvalue weighted by molar-refractivity contribution is 7.89. The van der Waals surface area contributed by atoms with Crippen molar-refractivity contribution < 1.29 is 45.8 Å². The predicted molar refractivity (Wildman–Crippen MR) is 179 cm³/mol. The molecule has 50 heavy (non-hydrogen) atoms. The number of amides is 1. The fourth-order valence-corrected chi connectivity index (χ4v) is 7.28. The van der Waals surface area contributed by atoms with Crippen molar-refractivity contribution in [2.75, 3.05) is 31.6 Å². The Morgan fingerprint density at radius 2 is 1.78 bits per heavy atom. The number of benzene rings is 2.